The fraction of sp³-hybridized carbons (Fsp3) is 0.0588. The summed E-state index contributed by atoms with van der Waals surface area (Å²) in [5.41, 5.74) is 0.679. The maximum atomic E-state index is 12.6. The lowest BCUT2D eigenvalue weighted by molar-refractivity contribution is -0.137. The van der Waals surface area contributed by atoms with Gasteiger partial charge in [0.15, 0.2) is 0 Å². The maximum absolute atomic E-state index is 12.6. The highest BCUT2D eigenvalue weighted by Crippen LogP contribution is 2.36. The number of pyridine rings is 2. The molecule has 122 valence electrons. The van der Waals surface area contributed by atoms with Crippen LogP contribution in [0.4, 0.5) is 13.2 Å². The van der Waals surface area contributed by atoms with Gasteiger partial charge in [-0.2, -0.15) is 13.2 Å². The van der Waals surface area contributed by atoms with Crippen molar-refractivity contribution in [3.8, 4) is 17.1 Å². The average Bonchev–Trinajstić information content (AvgIpc) is 2.56. The molecule has 0 spiro atoms. The Kier molecular flexibility index (Phi) is 4.44. The van der Waals surface area contributed by atoms with E-state index in [1.54, 1.807) is 18.3 Å². The summed E-state index contributed by atoms with van der Waals surface area (Å²) in [4.78, 5) is 9.59. The molecular formula is C17H11F3N2OS. The van der Waals surface area contributed by atoms with Gasteiger partial charge in [-0.05, 0) is 42.5 Å². The van der Waals surface area contributed by atoms with Crippen LogP contribution in [0.1, 0.15) is 5.56 Å². The summed E-state index contributed by atoms with van der Waals surface area (Å²) in [5.74, 6) is -0.0911. The molecule has 1 aromatic carbocycles. The second kappa shape index (κ2) is 6.52. The van der Waals surface area contributed by atoms with Crippen molar-refractivity contribution in [1.82, 2.24) is 9.97 Å². The Bertz CT molecular complexity index is 834. The van der Waals surface area contributed by atoms with Crippen LogP contribution in [0.2, 0.25) is 0 Å². The fourth-order valence-corrected chi connectivity index (χ4v) is 2.99. The van der Waals surface area contributed by atoms with E-state index in [0.717, 1.165) is 17.0 Å². The van der Waals surface area contributed by atoms with Crippen molar-refractivity contribution in [1.29, 1.82) is 0 Å². The van der Waals surface area contributed by atoms with Gasteiger partial charge in [0.2, 0.25) is 5.88 Å². The van der Waals surface area contributed by atoms with Crippen LogP contribution in [-0.2, 0) is 6.18 Å². The number of aromatic hydroxyl groups is 1. The molecule has 3 nitrogen and oxygen atoms in total. The number of hydrogen-bond acceptors (Lipinski definition) is 4. The lowest BCUT2D eigenvalue weighted by atomic mass is 10.2. The molecule has 7 heteroatoms. The summed E-state index contributed by atoms with van der Waals surface area (Å²) < 4.78 is 37.9. The molecule has 0 fully saturated rings. The quantitative estimate of drug-likeness (QED) is 0.722. The van der Waals surface area contributed by atoms with E-state index < -0.39 is 11.7 Å². The third kappa shape index (κ3) is 3.68. The number of aromatic nitrogens is 2. The van der Waals surface area contributed by atoms with Crippen LogP contribution < -0.4 is 0 Å². The van der Waals surface area contributed by atoms with Crippen molar-refractivity contribution < 1.29 is 18.3 Å². The lowest BCUT2D eigenvalue weighted by Gasteiger charge is -2.10. The van der Waals surface area contributed by atoms with Gasteiger partial charge in [-0.25, -0.2) is 4.98 Å². The summed E-state index contributed by atoms with van der Waals surface area (Å²) >= 11 is 1.31. The van der Waals surface area contributed by atoms with Gasteiger partial charge in [0, 0.05) is 33.8 Å². The molecule has 2 heterocycles. The van der Waals surface area contributed by atoms with Crippen molar-refractivity contribution >= 4 is 11.8 Å². The Morgan fingerprint density at radius 3 is 2.29 bits per heavy atom. The number of hydrogen-bond donors (Lipinski definition) is 1. The second-order valence-corrected chi connectivity index (χ2v) is 5.99. The molecule has 0 aliphatic rings. The number of nitrogens with zero attached hydrogens (tertiary/aromatic N) is 2. The summed E-state index contributed by atoms with van der Waals surface area (Å²) in [6.07, 6.45) is -1.23. The second-order valence-electron chi connectivity index (χ2n) is 4.88. The first kappa shape index (κ1) is 16.3. The van der Waals surface area contributed by atoms with Crippen LogP contribution in [0.3, 0.4) is 0 Å². The first-order valence-corrected chi connectivity index (χ1v) is 7.70. The zero-order chi connectivity index (χ0) is 17.2. The van der Waals surface area contributed by atoms with Gasteiger partial charge in [0.1, 0.15) is 0 Å². The standard InChI is InChI=1S/C17H11F3N2OS/c18-17(19,20)12-4-6-13(7-5-12)24-14-2-1-9-21-16(14)11-3-8-15(23)22-10-11/h1-10H,(H,22,23). The van der Waals surface area contributed by atoms with Gasteiger partial charge in [0.05, 0.1) is 11.3 Å². The molecular weight excluding hydrogens is 337 g/mol. The van der Waals surface area contributed by atoms with Gasteiger partial charge < -0.3 is 5.11 Å². The highest BCUT2D eigenvalue weighted by molar-refractivity contribution is 7.99. The molecule has 0 saturated carbocycles. The Morgan fingerprint density at radius 1 is 0.917 bits per heavy atom. The molecule has 2 aromatic heterocycles. The number of rotatable bonds is 3. The largest absolute Gasteiger partial charge is 0.493 e. The minimum Gasteiger partial charge on any atom is -0.493 e. The van der Waals surface area contributed by atoms with E-state index in [4.69, 9.17) is 0 Å². The van der Waals surface area contributed by atoms with Crippen LogP contribution in [-0.4, -0.2) is 15.1 Å². The summed E-state index contributed by atoms with van der Waals surface area (Å²) in [7, 11) is 0. The van der Waals surface area contributed by atoms with Crippen molar-refractivity contribution in [2.45, 2.75) is 16.0 Å². The Labute approximate surface area is 140 Å². The van der Waals surface area contributed by atoms with Crippen LogP contribution in [0.15, 0.2) is 70.7 Å². The molecule has 0 unspecified atom stereocenters. The van der Waals surface area contributed by atoms with E-state index in [1.807, 2.05) is 6.07 Å². The van der Waals surface area contributed by atoms with Crippen LogP contribution in [0.25, 0.3) is 11.3 Å². The van der Waals surface area contributed by atoms with E-state index in [-0.39, 0.29) is 5.88 Å². The molecule has 0 amide bonds. The molecule has 24 heavy (non-hydrogen) atoms. The van der Waals surface area contributed by atoms with Crippen LogP contribution in [0.5, 0.6) is 5.88 Å². The molecule has 0 radical (unpaired) electrons. The maximum Gasteiger partial charge on any atom is 0.416 e. The summed E-state index contributed by atoms with van der Waals surface area (Å²) in [6, 6.07) is 11.7. The molecule has 0 bridgehead atoms. The fourth-order valence-electron chi connectivity index (χ4n) is 2.05. The first-order chi connectivity index (χ1) is 11.4. The topological polar surface area (TPSA) is 46.0 Å². The predicted molar refractivity (Wildman–Crippen MR) is 84.7 cm³/mol. The van der Waals surface area contributed by atoms with Crippen LogP contribution >= 0.6 is 11.8 Å². The third-order valence-electron chi connectivity index (χ3n) is 3.20. The van der Waals surface area contributed by atoms with Gasteiger partial charge in [-0.1, -0.05) is 11.8 Å². The van der Waals surface area contributed by atoms with Gasteiger partial charge in [0.25, 0.3) is 0 Å². The Balaban J connectivity index is 1.89. The Hall–Kier alpha value is -2.54. The summed E-state index contributed by atoms with van der Waals surface area (Å²) in [5, 5.41) is 9.27. The van der Waals surface area contributed by atoms with Crippen molar-refractivity contribution in [2.75, 3.05) is 0 Å². The van der Waals surface area contributed by atoms with E-state index in [2.05, 4.69) is 9.97 Å². The highest BCUT2D eigenvalue weighted by Gasteiger charge is 2.29. The van der Waals surface area contributed by atoms with E-state index in [0.29, 0.717) is 16.2 Å². The number of alkyl halides is 3. The predicted octanol–water partition coefficient (Wildman–Crippen LogP) is 5.02. The van der Waals surface area contributed by atoms with Crippen molar-refractivity contribution in [3.05, 3.63) is 66.5 Å². The molecule has 1 N–H and O–H groups in total. The molecule has 0 aliphatic heterocycles. The SMILES string of the molecule is Oc1ccc(-c2ncccc2Sc2ccc(C(F)(F)F)cc2)cn1. The van der Waals surface area contributed by atoms with Gasteiger partial charge >= 0.3 is 6.18 Å². The normalized spacial score (nSPS) is 11.5. The monoisotopic (exact) mass is 348 g/mol. The van der Waals surface area contributed by atoms with Crippen LogP contribution in [0, 0.1) is 0 Å². The summed E-state index contributed by atoms with van der Waals surface area (Å²) in [6.45, 7) is 0. The number of benzene rings is 1. The first-order valence-electron chi connectivity index (χ1n) is 6.89. The molecule has 3 rings (SSSR count). The van der Waals surface area contributed by atoms with E-state index >= 15 is 0 Å². The minimum atomic E-state index is -4.35. The minimum absolute atomic E-state index is 0.0911. The number of halogens is 3. The van der Waals surface area contributed by atoms with Gasteiger partial charge in [-0.3, -0.25) is 4.98 Å². The third-order valence-corrected chi connectivity index (χ3v) is 4.26. The van der Waals surface area contributed by atoms with Crippen molar-refractivity contribution in [2.24, 2.45) is 0 Å². The average molecular weight is 348 g/mol. The smallest absolute Gasteiger partial charge is 0.416 e. The lowest BCUT2D eigenvalue weighted by Crippen LogP contribution is -2.03. The van der Waals surface area contributed by atoms with Gasteiger partial charge in [-0.15, -0.1) is 0 Å². The molecule has 0 aliphatic carbocycles. The highest BCUT2D eigenvalue weighted by atomic mass is 32.2. The van der Waals surface area contributed by atoms with E-state index in [1.165, 1.54) is 36.2 Å². The zero-order valence-electron chi connectivity index (χ0n) is 12.2. The zero-order valence-corrected chi connectivity index (χ0v) is 13.0. The van der Waals surface area contributed by atoms with Crippen molar-refractivity contribution in [3.63, 3.8) is 0 Å². The molecule has 0 saturated heterocycles. The van der Waals surface area contributed by atoms with E-state index in [9.17, 15) is 18.3 Å². The molecule has 0 atom stereocenters. The Morgan fingerprint density at radius 2 is 1.67 bits per heavy atom. The molecule has 3 aromatic rings.